The number of hydrazine groups is 1. The highest BCUT2D eigenvalue weighted by Gasteiger charge is 2.39. The molecule has 3 atom stereocenters. The summed E-state index contributed by atoms with van der Waals surface area (Å²) in [6.45, 7) is 12.6. The van der Waals surface area contributed by atoms with Crippen molar-refractivity contribution < 1.29 is 9.84 Å². The molecule has 2 aliphatic heterocycles. The van der Waals surface area contributed by atoms with Gasteiger partial charge in [-0.3, -0.25) is 19.9 Å². The third-order valence-corrected chi connectivity index (χ3v) is 8.08. The van der Waals surface area contributed by atoms with E-state index < -0.39 is 0 Å². The number of hydrogen-bond acceptors (Lipinski definition) is 9. The van der Waals surface area contributed by atoms with Crippen LogP contribution in [0.3, 0.4) is 0 Å². The van der Waals surface area contributed by atoms with E-state index in [0.29, 0.717) is 19.0 Å². The number of hydrogen-bond donors (Lipinski definition) is 2. The van der Waals surface area contributed by atoms with Gasteiger partial charge in [-0.2, -0.15) is 10.2 Å². The Morgan fingerprint density at radius 1 is 1.20 bits per heavy atom. The SMILES string of the molecule is CCN(C)C1C2=C(CN(C)C[C@H](C)Oc3c(c(C)nn3C)-c3cc4c([nH]nc4c(C)n3)/C=C/2)N([C@@H](C)CO)N1C. The number of nitrogens with one attached hydrogen (secondary N) is 1. The predicted molar refractivity (Wildman–Crippen MR) is 157 cm³/mol. The second-order valence-corrected chi connectivity index (χ2v) is 11.3. The van der Waals surface area contributed by atoms with Crippen molar-refractivity contribution >= 4 is 17.0 Å². The molecule has 0 saturated carbocycles. The van der Waals surface area contributed by atoms with Crippen molar-refractivity contribution in [3.05, 3.63) is 40.5 Å². The summed E-state index contributed by atoms with van der Waals surface area (Å²) >= 11 is 0. The number of aromatic amines is 1. The fourth-order valence-electron chi connectivity index (χ4n) is 6.16. The summed E-state index contributed by atoms with van der Waals surface area (Å²) in [5.41, 5.74) is 7.57. The second kappa shape index (κ2) is 11.0. The van der Waals surface area contributed by atoms with Gasteiger partial charge in [0, 0.05) is 38.1 Å². The highest BCUT2D eigenvalue weighted by Crippen LogP contribution is 2.37. The molecular weight excluding hydrogens is 506 g/mol. The molecule has 0 spiro atoms. The molecule has 5 heterocycles. The van der Waals surface area contributed by atoms with Crippen LogP contribution in [0.4, 0.5) is 0 Å². The van der Waals surface area contributed by atoms with Gasteiger partial charge < -0.3 is 14.9 Å². The average Bonchev–Trinajstić information content (AvgIpc) is 3.52. The van der Waals surface area contributed by atoms with Gasteiger partial charge in [0.05, 0.1) is 46.7 Å². The fourth-order valence-corrected chi connectivity index (χ4v) is 6.16. The van der Waals surface area contributed by atoms with E-state index in [1.54, 1.807) is 4.68 Å². The lowest BCUT2D eigenvalue weighted by Crippen LogP contribution is -2.51. The van der Waals surface area contributed by atoms with E-state index >= 15 is 0 Å². The number of nitrogens with zero attached hydrogens (tertiary/aromatic N) is 8. The fraction of sp³-hybridized carbons (Fsp3) is 0.552. The number of aliphatic hydroxyl groups is 1. The summed E-state index contributed by atoms with van der Waals surface area (Å²) in [7, 11) is 8.28. The van der Waals surface area contributed by atoms with E-state index in [-0.39, 0.29) is 24.9 Å². The Morgan fingerprint density at radius 3 is 2.65 bits per heavy atom. The first kappa shape index (κ1) is 28.3. The van der Waals surface area contributed by atoms with Gasteiger partial charge in [0.2, 0.25) is 5.88 Å². The molecular formula is C29H43N9O2. The number of likely N-dealkylation sites (N-methyl/N-ethyl adjacent to an activating group) is 3. The largest absolute Gasteiger partial charge is 0.473 e. The van der Waals surface area contributed by atoms with Crippen molar-refractivity contribution in [3.63, 3.8) is 0 Å². The summed E-state index contributed by atoms with van der Waals surface area (Å²) in [5.74, 6) is 0.709. The smallest absolute Gasteiger partial charge is 0.221 e. The first-order valence-electron chi connectivity index (χ1n) is 14.0. The Kier molecular flexibility index (Phi) is 7.75. The van der Waals surface area contributed by atoms with Gasteiger partial charge in [-0.05, 0) is 60.5 Å². The van der Waals surface area contributed by atoms with Crippen LogP contribution in [0.25, 0.3) is 28.2 Å². The Balaban J connectivity index is 1.74. The maximum Gasteiger partial charge on any atom is 0.221 e. The lowest BCUT2D eigenvalue weighted by molar-refractivity contribution is -0.0587. The first-order chi connectivity index (χ1) is 19.0. The molecule has 0 aliphatic carbocycles. The zero-order chi connectivity index (χ0) is 28.9. The van der Waals surface area contributed by atoms with Crippen LogP contribution in [-0.4, -0.2) is 116 Å². The molecule has 0 radical (unpaired) electrons. The number of aliphatic hydroxyl groups excluding tert-OH is 1. The zero-order valence-electron chi connectivity index (χ0n) is 25.2. The van der Waals surface area contributed by atoms with Gasteiger partial charge in [0.1, 0.15) is 17.8 Å². The molecule has 216 valence electrons. The normalized spacial score (nSPS) is 22.4. The molecule has 11 nitrogen and oxygen atoms in total. The number of aromatic nitrogens is 5. The van der Waals surface area contributed by atoms with E-state index in [1.165, 1.54) is 5.57 Å². The van der Waals surface area contributed by atoms with E-state index in [1.807, 2.05) is 20.9 Å². The third kappa shape index (κ3) is 4.81. The van der Waals surface area contributed by atoms with Crippen molar-refractivity contribution in [1.82, 2.24) is 44.8 Å². The molecule has 2 aliphatic rings. The maximum atomic E-state index is 10.2. The summed E-state index contributed by atoms with van der Waals surface area (Å²) in [5, 5.41) is 28.3. The zero-order valence-corrected chi connectivity index (χ0v) is 25.2. The Hall–Kier alpha value is -3.25. The number of ether oxygens (including phenoxy) is 1. The molecule has 0 amide bonds. The topological polar surface area (TPSA) is 102 Å². The highest BCUT2D eigenvalue weighted by atomic mass is 16.5. The van der Waals surface area contributed by atoms with Crippen LogP contribution in [0.5, 0.6) is 5.88 Å². The minimum Gasteiger partial charge on any atom is -0.473 e. The summed E-state index contributed by atoms with van der Waals surface area (Å²) < 4.78 is 8.38. The van der Waals surface area contributed by atoms with Gasteiger partial charge in [-0.1, -0.05) is 13.0 Å². The van der Waals surface area contributed by atoms with E-state index in [0.717, 1.165) is 51.5 Å². The number of H-pyrrole nitrogens is 1. The van der Waals surface area contributed by atoms with Gasteiger partial charge in [-0.15, -0.1) is 0 Å². The lowest BCUT2D eigenvalue weighted by atomic mass is 10.1. The molecule has 3 aromatic rings. The molecule has 0 fully saturated rings. The van der Waals surface area contributed by atoms with Crippen LogP contribution in [0.1, 0.15) is 37.9 Å². The lowest BCUT2D eigenvalue weighted by Gasteiger charge is -2.39. The van der Waals surface area contributed by atoms with Crippen molar-refractivity contribution in [2.24, 2.45) is 7.05 Å². The van der Waals surface area contributed by atoms with Gasteiger partial charge in [0.25, 0.3) is 0 Å². The summed E-state index contributed by atoms with van der Waals surface area (Å²) in [6.07, 6.45) is 4.26. The van der Waals surface area contributed by atoms with Crippen LogP contribution in [0.2, 0.25) is 0 Å². The van der Waals surface area contributed by atoms with Crippen molar-refractivity contribution in [2.45, 2.75) is 52.9 Å². The van der Waals surface area contributed by atoms with Gasteiger partial charge in [-0.25, -0.2) is 9.69 Å². The third-order valence-electron chi connectivity index (χ3n) is 8.08. The number of fused-ring (bicyclic) bond motifs is 3. The summed E-state index contributed by atoms with van der Waals surface area (Å²) in [4.78, 5) is 9.54. The Labute approximate surface area is 236 Å². The molecule has 2 N–H and O–H groups in total. The molecule has 0 saturated heterocycles. The summed E-state index contributed by atoms with van der Waals surface area (Å²) in [6, 6.07) is 2.01. The van der Waals surface area contributed by atoms with Crippen LogP contribution in [0.15, 0.2) is 23.4 Å². The van der Waals surface area contributed by atoms with E-state index in [4.69, 9.17) is 9.72 Å². The molecule has 5 rings (SSSR count). The average molecular weight is 550 g/mol. The van der Waals surface area contributed by atoms with E-state index in [9.17, 15) is 5.11 Å². The monoisotopic (exact) mass is 549 g/mol. The van der Waals surface area contributed by atoms with Crippen LogP contribution < -0.4 is 4.74 Å². The van der Waals surface area contributed by atoms with Crippen LogP contribution >= 0.6 is 0 Å². The van der Waals surface area contributed by atoms with Crippen LogP contribution in [-0.2, 0) is 7.05 Å². The number of rotatable bonds is 4. The standard InChI is InChI=1S/C29H43N9O2/c1-10-35(7)28-21-11-12-23-22-13-24(30-20(5)27(22)32-31-23)26-19(4)33-36(8)29(26)40-18(3)14-34(6)15-25(21)38(37(28)9)17(2)16-39/h11-13,17-18,28,39H,10,14-16H2,1-9H3,(H,31,32)/b12-11+/t17-,18-,28?/m0/s1. The number of pyridine rings is 1. The highest BCUT2D eigenvalue weighted by molar-refractivity contribution is 5.91. The molecule has 1 unspecified atom stereocenters. The molecule has 0 aromatic carbocycles. The van der Waals surface area contributed by atoms with Crippen LogP contribution in [0, 0.1) is 13.8 Å². The molecule has 3 aromatic heterocycles. The van der Waals surface area contributed by atoms with Crippen molar-refractivity contribution in [3.8, 4) is 17.1 Å². The molecule has 2 bridgehead atoms. The maximum absolute atomic E-state index is 10.2. The van der Waals surface area contributed by atoms with Crippen molar-refractivity contribution in [2.75, 3.05) is 47.4 Å². The van der Waals surface area contributed by atoms with Crippen molar-refractivity contribution in [1.29, 1.82) is 0 Å². The Bertz CT molecular complexity index is 1460. The quantitative estimate of drug-likeness (QED) is 0.509. The predicted octanol–water partition coefficient (Wildman–Crippen LogP) is 2.78. The molecule has 40 heavy (non-hydrogen) atoms. The Morgan fingerprint density at radius 2 is 1.95 bits per heavy atom. The minimum absolute atomic E-state index is 0.0223. The minimum atomic E-state index is -0.102. The first-order valence-corrected chi connectivity index (χ1v) is 14.0. The van der Waals surface area contributed by atoms with Gasteiger partial charge in [0.15, 0.2) is 0 Å². The van der Waals surface area contributed by atoms with E-state index in [2.05, 4.69) is 95.2 Å². The van der Waals surface area contributed by atoms with Gasteiger partial charge >= 0.3 is 0 Å². The number of aryl methyl sites for hydroxylation is 3. The molecule has 11 heteroatoms. The second-order valence-electron chi connectivity index (χ2n) is 11.3.